The van der Waals surface area contributed by atoms with Crippen LogP contribution in [0.3, 0.4) is 0 Å². The van der Waals surface area contributed by atoms with Crippen LogP contribution < -0.4 is 10.1 Å². The summed E-state index contributed by atoms with van der Waals surface area (Å²) in [6, 6.07) is 16.4. The van der Waals surface area contributed by atoms with Gasteiger partial charge in [-0.2, -0.15) is 0 Å². The van der Waals surface area contributed by atoms with E-state index in [-0.39, 0.29) is 23.4 Å². The zero-order valence-electron chi connectivity index (χ0n) is 18.6. The lowest BCUT2D eigenvalue weighted by molar-refractivity contribution is 0.0637. The number of hydrogen-bond acceptors (Lipinski definition) is 7. The van der Waals surface area contributed by atoms with E-state index >= 15 is 0 Å². The van der Waals surface area contributed by atoms with Crippen molar-refractivity contribution in [3.05, 3.63) is 70.2 Å². The molecule has 8 nitrogen and oxygen atoms in total. The fourth-order valence-electron chi connectivity index (χ4n) is 3.62. The monoisotopic (exact) mass is 465 g/mol. The number of para-hydroxylation sites is 1. The van der Waals surface area contributed by atoms with Crippen LogP contribution in [0.5, 0.6) is 5.75 Å². The summed E-state index contributed by atoms with van der Waals surface area (Å²) in [6.07, 6.45) is 1.13. The van der Waals surface area contributed by atoms with Crippen molar-refractivity contribution in [3.8, 4) is 5.75 Å². The van der Waals surface area contributed by atoms with Gasteiger partial charge in [-0.25, -0.2) is 0 Å². The van der Waals surface area contributed by atoms with E-state index in [0.29, 0.717) is 16.3 Å². The van der Waals surface area contributed by atoms with E-state index in [1.165, 1.54) is 11.3 Å². The molecule has 2 heterocycles. The molecule has 0 saturated carbocycles. The maximum absolute atomic E-state index is 12.8. The number of carbonyl (C=O) groups is 2. The van der Waals surface area contributed by atoms with Crippen LogP contribution in [0.4, 0.5) is 5.69 Å². The van der Waals surface area contributed by atoms with Gasteiger partial charge in [0.25, 0.3) is 11.8 Å². The van der Waals surface area contributed by atoms with Gasteiger partial charge in [0.1, 0.15) is 12.4 Å². The Labute approximate surface area is 197 Å². The molecule has 33 heavy (non-hydrogen) atoms. The SMILES string of the molecule is CCCN1CCN(C(=O)c2ccc(NC(=O)c3nnc(COc4ccccc4)s3)cc2)CC1. The lowest BCUT2D eigenvalue weighted by atomic mass is 10.1. The molecular weight excluding hydrogens is 438 g/mol. The Morgan fingerprint density at radius 3 is 2.42 bits per heavy atom. The number of nitrogens with one attached hydrogen (secondary N) is 1. The van der Waals surface area contributed by atoms with Crippen LogP contribution >= 0.6 is 11.3 Å². The summed E-state index contributed by atoms with van der Waals surface area (Å²) >= 11 is 1.19. The predicted molar refractivity (Wildman–Crippen MR) is 128 cm³/mol. The third-order valence-corrected chi connectivity index (χ3v) is 6.25. The fraction of sp³-hybridized carbons (Fsp3) is 0.333. The van der Waals surface area contributed by atoms with E-state index in [1.54, 1.807) is 24.3 Å². The van der Waals surface area contributed by atoms with Crippen molar-refractivity contribution in [2.45, 2.75) is 20.0 Å². The summed E-state index contributed by atoms with van der Waals surface area (Å²) < 4.78 is 5.64. The Bertz CT molecular complexity index is 1060. The first kappa shape index (κ1) is 22.9. The van der Waals surface area contributed by atoms with E-state index in [2.05, 4.69) is 27.3 Å². The summed E-state index contributed by atoms with van der Waals surface area (Å²) in [6.45, 7) is 6.80. The molecule has 0 atom stereocenters. The fourth-order valence-corrected chi connectivity index (χ4v) is 4.27. The van der Waals surface area contributed by atoms with Crippen LogP contribution in [-0.2, 0) is 6.61 Å². The standard InChI is InChI=1S/C24H27N5O3S/c1-2-12-28-13-15-29(16-14-28)24(31)18-8-10-19(11-9-18)25-22(30)23-27-26-21(33-23)17-32-20-6-4-3-5-7-20/h3-11H,2,12-17H2,1H3,(H,25,30). The van der Waals surface area contributed by atoms with Crippen LogP contribution in [0, 0.1) is 0 Å². The average Bonchev–Trinajstić information content (AvgIpc) is 3.34. The van der Waals surface area contributed by atoms with Crippen molar-refractivity contribution in [2.24, 2.45) is 0 Å². The van der Waals surface area contributed by atoms with Gasteiger partial charge in [0.15, 0.2) is 5.01 Å². The molecule has 172 valence electrons. The van der Waals surface area contributed by atoms with E-state index < -0.39 is 0 Å². The molecule has 2 amide bonds. The van der Waals surface area contributed by atoms with E-state index in [0.717, 1.165) is 44.9 Å². The first-order chi connectivity index (χ1) is 16.1. The number of hydrogen-bond donors (Lipinski definition) is 1. The highest BCUT2D eigenvalue weighted by Gasteiger charge is 2.21. The first-order valence-corrected chi connectivity index (χ1v) is 11.9. The zero-order chi connectivity index (χ0) is 23.0. The smallest absolute Gasteiger partial charge is 0.286 e. The number of amides is 2. The molecule has 1 saturated heterocycles. The maximum atomic E-state index is 12.8. The second kappa shape index (κ2) is 11.0. The van der Waals surface area contributed by atoms with E-state index in [1.807, 2.05) is 35.2 Å². The zero-order valence-corrected chi connectivity index (χ0v) is 19.4. The molecule has 0 spiro atoms. The number of anilines is 1. The van der Waals surface area contributed by atoms with Gasteiger partial charge in [0.05, 0.1) is 0 Å². The molecule has 0 radical (unpaired) electrons. The van der Waals surface area contributed by atoms with Crippen LogP contribution in [0.15, 0.2) is 54.6 Å². The summed E-state index contributed by atoms with van der Waals surface area (Å²) in [7, 11) is 0. The van der Waals surface area contributed by atoms with Crippen LogP contribution in [0.2, 0.25) is 0 Å². The third-order valence-electron chi connectivity index (χ3n) is 5.36. The number of benzene rings is 2. The Morgan fingerprint density at radius 1 is 1.00 bits per heavy atom. The van der Waals surface area contributed by atoms with Gasteiger partial charge in [0, 0.05) is 37.4 Å². The number of aromatic nitrogens is 2. The summed E-state index contributed by atoms with van der Waals surface area (Å²) in [4.78, 5) is 29.6. The van der Waals surface area contributed by atoms with Crippen molar-refractivity contribution < 1.29 is 14.3 Å². The Morgan fingerprint density at radius 2 is 1.73 bits per heavy atom. The Kier molecular flexibility index (Phi) is 7.64. The quantitative estimate of drug-likeness (QED) is 0.548. The number of piperazine rings is 1. The van der Waals surface area contributed by atoms with Crippen molar-refractivity contribution in [2.75, 3.05) is 38.0 Å². The summed E-state index contributed by atoms with van der Waals surface area (Å²) in [5.74, 6) is 0.414. The number of carbonyl (C=O) groups excluding carboxylic acids is 2. The number of nitrogens with zero attached hydrogens (tertiary/aromatic N) is 4. The molecule has 3 aromatic rings. The lowest BCUT2D eigenvalue weighted by Gasteiger charge is -2.34. The second-order valence-electron chi connectivity index (χ2n) is 7.77. The summed E-state index contributed by atoms with van der Waals surface area (Å²) in [5, 5.41) is 11.7. The molecule has 2 aromatic carbocycles. The number of rotatable bonds is 8. The third kappa shape index (κ3) is 6.15. The predicted octanol–water partition coefficient (Wildman–Crippen LogP) is 3.54. The molecule has 4 rings (SSSR count). The number of ether oxygens (including phenoxy) is 1. The Balaban J connectivity index is 1.28. The molecule has 1 aromatic heterocycles. The van der Waals surface area contributed by atoms with Crippen LogP contribution in [0.25, 0.3) is 0 Å². The minimum Gasteiger partial charge on any atom is -0.486 e. The summed E-state index contributed by atoms with van der Waals surface area (Å²) in [5.41, 5.74) is 1.22. The minimum absolute atomic E-state index is 0.0243. The van der Waals surface area contributed by atoms with E-state index in [9.17, 15) is 9.59 Å². The highest BCUT2D eigenvalue weighted by atomic mass is 32.1. The normalized spacial score (nSPS) is 14.2. The van der Waals surface area contributed by atoms with Gasteiger partial charge in [-0.1, -0.05) is 36.5 Å². The molecule has 1 aliphatic rings. The van der Waals surface area contributed by atoms with Crippen molar-refractivity contribution >= 4 is 28.8 Å². The van der Waals surface area contributed by atoms with Crippen LogP contribution in [0.1, 0.15) is 38.5 Å². The Hall–Kier alpha value is -3.30. The highest BCUT2D eigenvalue weighted by molar-refractivity contribution is 7.13. The molecule has 1 aliphatic heterocycles. The lowest BCUT2D eigenvalue weighted by Crippen LogP contribution is -2.48. The van der Waals surface area contributed by atoms with Crippen molar-refractivity contribution in [3.63, 3.8) is 0 Å². The average molecular weight is 466 g/mol. The molecule has 0 unspecified atom stereocenters. The highest BCUT2D eigenvalue weighted by Crippen LogP contribution is 2.18. The second-order valence-corrected chi connectivity index (χ2v) is 8.83. The molecule has 9 heteroatoms. The largest absolute Gasteiger partial charge is 0.486 e. The minimum atomic E-state index is -0.343. The molecule has 1 N–H and O–H groups in total. The molecule has 0 bridgehead atoms. The first-order valence-electron chi connectivity index (χ1n) is 11.1. The maximum Gasteiger partial charge on any atom is 0.286 e. The van der Waals surface area contributed by atoms with Gasteiger partial charge >= 0.3 is 0 Å². The van der Waals surface area contributed by atoms with Gasteiger partial charge in [-0.15, -0.1) is 10.2 Å². The van der Waals surface area contributed by atoms with Gasteiger partial charge in [-0.3, -0.25) is 14.5 Å². The molecular formula is C24H27N5O3S. The molecule has 0 aliphatic carbocycles. The van der Waals surface area contributed by atoms with Crippen LogP contribution in [-0.4, -0.2) is 64.5 Å². The van der Waals surface area contributed by atoms with Gasteiger partial charge in [0.2, 0.25) is 5.01 Å². The van der Waals surface area contributed by atoms with Crippen molar-refractivity contribution in [1.82, 2.24) is 20.0 Å². The van der Waals surface area contributed by atoms with Crippen molar-refractivity contribution in [1.29, 1.82) is 0 Å². The van der Waals surface area contributed by atoms with E-state index in [4.69, 9.17) is 4.74 Å². The topological polar surface area (TPSA) is 87.7 Å². The van der Waals surface area contributed by atoms with Gasteiger partial charge < -0.3 is 15.0 Å². The molecule has 1 fully saturated rings. The van der Waals surface area contributed by atoms with Gasteiger partial charge in [-0.05, 0) is 49.4 Å².